The number of carbonyl (C=O) groups is 1. The molecule has 3 nitrogen and oxygen atoms in total. The van der Waals surface area contributed by atoms with E-state index >= 15 is 0 Å². The number of hydrogen-bond acceptors (Lipinski definition) is 3. The topological polar surface area (TPSA) is 35.5 Å². The number of methoxy groups -OCH3 is 2. The van der Waals surface area contributed by atoms with E-state index in [9.17, 15) is 4.79 Å². The maximum Gasteiger partial charge on any atom is 0.153 e. The molecule has 4 rings (SSSR count). The first kappa shape index (κ1) is 17.1. The van der Waals surface area contributed by atoms with Gasteiger partial charge < -0.3 is 9.47 Å². The molecule has 0 heterocycles. The van der Waals surface area contributed by atoms with Crippen molar-refractivity contribution in [2.24, 2.45) is 5.92 Å². The molecular formula is C23H26O3. The Balaban J connectivity index is 1.77. The highest BCUT2D eigenvalue weighted by atomic mass is 16.5. The third-order valence-corrected chi connectivity index (χ3v) is 6.34. The number of hydrogen-bond donors (Lipinski definition) is 0. The highest BCUT2D eigenvalue weighted by Crippen LogP contribution is 2.52. The molecular weight excluding hydrogens is 324 g/mol. The Morgan fingerprint density at radius 2 is 1.73 bits per heavy atom. The Morgan fingerprint density at radius 3 is 2.42 bits per heavy atom. The van der Waals surface area contributed by atoms with Crippen molar-refractivity contribution < 1.29 is 14.3 Å². The van der Waals surface area contributed by atoms with E-state index in [1.54, 1.807) is 14.2 Å². The first-order chi connectivity index (χ1) is 12.7. The predicted octanol–water partition coefficient (Wildman–Crippen LogP) is 5.13. The first-order valence-corrected chi connectivity index (χ1v) is 9.55. The van der Waals surface area contributed by atoms with Gasteiger partial charge in [0.1, 0.15) is 11.5 Å². The van der Waals surface area contributed by atoms with Crippen molar-refractivity contribution >= 4 is 6.29 Å². The molecule has 2 aromatic rings. The number of ether oxygens (including phenoxy) is 2. The van der Waals surface area contributed by atoms with Crippen LogP contribution in [0.2, 0.25) is 0 Å². The van der Waals surface area contributed by atoms with Gasteiger partial charge in [-0.05, 0) is 78.0 Å². The highest BCUT2D eigenvalue weighted by molar-refractivity contribution is 5.80. The maximum atomic E-state index is 11.5. The molecule has 1 saturated carbocycles. The van der Waals surface area contributed by atoms with Crippen LogP contribution in [0.25, 0.3) is 0 Å². The van der Waals surface area contributed by atoms with Crippen molar-refractivity contribution in [3.8, 4) is 11.5 Å². The van der Waals surface area contributed by atoms with Gasteiger partial charge in [0, 0.05) is 0 Å². The van der Waals surface area contributed by atoms with Crippen molar-refractivity contribution in [2.45, 2.75) is 43.9 Å². The molecule has 0 saturated heterocycles. The van der Waals surface area contributed by atoms with Crippen molar-refractivity contribution in [2.75, 3.05) is 14.2 Å². The summed E-state index contributed by atoms with van der Waals surface area (Å²) in [5.74, 6) is 3.35. The van der Waals surface area contributed by atoms with Gasteiger partial charge >= 0.3 is 0 Å². The predicted molar refractivity (Wildman–Crippen MR) is 103 cm³/mol. The molecule has 136 valence electrons. The Bertz CT molecular complexity index is 794. The zero-order valence-corrected chi connectivity index (χ0v) is 15.5. The molecule has 0 radical (unpaired) electrons. The van der Waals surface area contributed by atoms with Gasteiger partial charge in [-0.2, -0.15) is 0 Å². The van der Waals surface area contributed by atoms with Crippen LogP contribution in [0, 0.1) is 5.92 Å². The van der Waals surface area contributed by atoms with Crippen LogP contribution in [-0.2, 0) is 6.42 Å². The summed E-state index contributed by atoms with van der Waals surface area (Å²) in [6.45, 7) is 0. The molecule has 1 fully saturated rings. The van der Waals surface area contributed by atoms with Crippen molar-refractivity contribution in [1.82, 2.24) is 0 Å². The van der Waals surface area contributed by atoms with E-state index in [-0.39, 0.29) is 0 Å². The number of fused-ring (bicyclic) bond motifs is 3. The second-order valence-corrected chi connectivity index (χ2v) is 7.55. The average Bonchev–Trinajstić information content (AvgIpc) is 2.72. The molecule has 0 aliphatic heterocycles. The second kappa shape index (κ2) is 7.14. The molecule has 3 unspecified atom stereocenters. The molecule has 26 heavy (non-hydrogen) atoms. The van der Waals surface area contributed by atoms with Crippen LogP contribution >= 0.6 is 0 Å². The molecule has 0 bridgehead atoms. The van der Waals surface area contributed by atoms with Crippen LogP contribution in [0.3, 0.4) is 0 Å². The molecule has 3 atom stereocenters. The van der Waals surface area contributed by atoms with Crippen molar-refractivity contribution in [1.29, 1.82) is 0 Å². The normalized spacial score (nSPS) is 24.3. The number of aldehydes is 1. The molecule has 0 aromatic heterocycles. The lowest BCUT2D eigenvalue weighted by molar-refractivity contribution is 0.112. The van der Waals surface area contributed by atoms with Gasteiger partial charge in [-0.25, -0.2) is 0 Å². The first-order valence-electron chi connectivity index (χ1n) is 9.55. The summed E-state index contributed by atoms with van der Waals surface area (Å²) in [5.41, 5.74) is 4.77. The molecule has 0 N–H and O–H groups in total. The molecule has 2 aliphatic rings. The van der Waals surface area contributed by atoms with Crippen LogP contribution < -0.4 is 9.47 Å². The molecule has 2 aliphatic carbocycles. The van der Waals surface area contributed by atoms with Crippen LogP contribution in [0.5, 0.6) is 11.5 Å². The summed E-state index contributed by atoms with van der Waals surface area (Å²) in [6, 6.07) is 12.7. The minimum Gasteiger partial charge on any atom is -0.497 e. The van der Waals surface area contributed by atoms with Gasteiger partial charge in [0.05, 0.1) is 19.8 Å². The quantitative estimate of drug-likeness (QED) is 0.717. The van der Waals surface area contributed by atoms with Crippen molar-refractivity contribution in [3.05, 3.63) is 58.7 Å². The van der Waals surface area contributed by atoms with E-state index in [0.29, 0.717) is 29.1 Å². The third kappa shape index (κ3) is 2.90. The summed E-state index contributed by atoms with van der Waals surface area (Å²) in [7, 11) is 3.35. The minimum absolute atomic E-state index is 0.506. The number of benzene rings is 2. The van der Waals surface area contributed by atoms with Crippen LogP contribution in [0.1, 0.15) is 64.6 Å². The average molecular weight is 350 g/mol. The van der Waals surface area contributed by atoms with Gasteiger partial charge in [-0.15, -0.1) is 0 Å². The monoisotopic (exact) mass is 350 g/mol. The van der Waals surface area contributed by atoms with Crippen LogP contribution in [-0.4, -0.2) is 20.5 Å². The Morgan fingerprint density at radius 1 is 0.962 bits per heavy atom. The van der Waals surface area contributed by atoms with Gasteiger partial charge in [-0.1, -0.05) is 25.0 Å². The Hall–Kier alpha value is -2.29. The second-order valence-electron chi connectivity index (χ2n) is 7.55. The highest BCUT2D eigenvalue weighted by Gasteiger charge is 2.39. The lowest BCUT2D eigenvalue weighted by atomic mass is 9.61. The van der Waals surface area contributed by atoms with E-state index in [0.717, 1.165) is 18.5 Å². The van der Waals surface area contributed by atoms with Crippen molar-refractivity contribution in [3.63, 3.8) is 0 Å². The Kier molecular flexibility index (Phi) is 4.71. The summed E-state index contributed by atoms with van der Waals surface area (Å²) in [4.78, 5) is 11.5. The van der Waals surface area contributed by atoms with E-state index in [4.69, 9.17) is 9.47 Å². The Labute approximate surface area is 155 Å². The third-order valence-electron chi connectivity index (χ3n) is 6.34. The van der Waals surface area contributed by atoms with E-state index in [1.807, 2.05) is 0 Å². The standard InChI is InChI=1S/C23H26O3/c1-25-18-9-7-15(8-10-18)21-12-16-11-17(14-24)23(26-2)13-22(16)20-6-4-3-5-19(20)21/h7-11,13-14,19-21H,3-6,12H2,1-2H3. The SMILES string of the molecule is COc1ccc(C2Cc3cc(C=O)c(OC)cc3C3CCCCC23)cc1. The molecule has 2 aromatic carbocycles. The summed E-state index contributed by atoms with van der Waals surface area (Å²) < 4.78 is 10.8. The fourth-order valence-electron chi connectivity index (χ4n) is 5.08. The molecule has 0 amide bonds. The smallest absolute Gasteiger partial charge is 0.153 e. The van der Waals surface area contributed by atoms with E-state index in [1.165, 1.54) is 42.4 Å². The van der Waals surface area contributed by atoms with Gasteiger partial charge in [0.15, 0.2) is 6.29 Å². The van der Waals surface area contributed by atoms with Gasteiger partial charge in [0.2, 0.25) is 0 Å². The lowest BCUT2D eigenvalue weighted by Crippen LogP contribution is -2.31. The number of carbonyl (C=O) groups excluding carboxylic acids is 1. The fraction of sp³-hybridized carbons (Fsp3) is 0.435. The lowest BCUT2D eigenvalue weighted by Gasteiger charge is -2.43. The minimum atomic E-state index is 0.506. The van der Waals surface area contributed by atoms with Crippen LogP contribution in [0.15, 0.2) is 36.4 Å². The summed E-state index contributed by atoms with van der Waals surface area (Å²) in [5, 5.41) is 0. The zero-order valence-electron chi connectivity index (χ0n) is 15.5. The summed E-state index contributed by atoms with van der Waals surface area (Å²) >= 11 is 0. The summed E-state index contributed by atoms with van der Waals surface area (Å²) in [6.07, 6.45) is 7.01. The van der Waals surface area contributed by atoms with Gasteiger partial charge in [-0.3, -0.25) is 4.79 Å². The molecule has 0 spiro atoms. The largest absolute Gasteiger partial charge is 0.497 e. The van der Waals surface area contributed by atoms with Gasteiger partial charge in [0.25, 0.3) is 0 Å². The maximum absolute atomic E-state index is 11.5. The molecule has 3 heteroatoms. The van der Waals surface area contributed by atoms with Crippen LogP contribution in [0.4, 0.5) is 0 Å². The zero-order chi connectivity index (χ0) is 18.1. The van der Waals surface area contributed by atoms with E-state index < -0.39 is 0 Å². The number of rotatable bonds is 4. The van der Waals surface area contributed by atoms with E-state index in [2.05, 4.69) is 36.4 Å². The fourth-order valence-corrected chi connectivity index (χ4v) is 5.08.